The topological polar surface area (TPSA) is 52.0 Å². The minimum atomic E-state index is 0.0972. The molecule has 0 bridgehead atoms. The number of nitrogens with two attached hydrogens (primary N) is 2. The summed E-state index contributed by atoms with van der Waals surface area (Å²) in [6, 6.07) is 2.22. The minimum absolute atomic E-state index is 0.0972. The molecule has 2 unspecified atom stereocenters. The Morgan fingerprint density at radius 3 is 2.43 bits per heavy atom. The van der Waals surface area contributed by atoms with Crippen LogP contribution in [0, 0.1) is 18.8 Å². The van der Waals surface area contributed by atoms with Gasteiger partial charge in [-0.1, -0.05) is 13.8 Å². The average molecular weight is 212 g/mol. The summed E-state index contributed by atoms with van der Waals surface area (Å²) in [4.78, 5) is 1.29. The van der Waals surface area contributed by atoms with E-state index in [0.717, 1.165) is 0 Å². The van der Waals surface area contributed by atoms with E-state index in [1.165, 1.54) is 10.4 Å². The molecule has 0 saturated heterocycles. The maximum atomic E-state index is 6.23. The van der Waals surface area contributed by atoms with E-state index in [4.69, 9.17) is 11.5 Å². The van der Waals surface area contributed by atoms with Crippen molar-refractivity contribution in [3.05, 3.63) is 21.9 Å². The molecular weight excluding hydrogens is 192 g/mol. The zero-order valence-corrected chi connectivity index (χ0v) is 9.97. The summed E-state index contributed by atoms with van der Waals surface area (Å²) in [6.07, 6.45) is 0. The van der Waals surface area contributed by atoms with Crippen molar-refractivity contribution in [2.75, 3.05) is 6.54 Å². The summed E-state index contributed by atoms with van der Waals surface area (Å²) in [5.41, 5.74) is 13.3. The van der Waals surface area contributed by atoms with Crippen molar-refractivity contribution in [1.29, 1.82) is 0 Å². The maximum Gasteiger partial charge on any atom is 0.0435 e. The number of thiophene rings is 1. The second-order valence-corrected chi connectivity index (χ2v) is 5.08. The van der Waals surface area contributed by atoms with Crippen LogP contribution in [0.25, 0.3) is 0 Å². The SMILES string of the molecule is Cc1ccsc1C(N)C(CN)C(C)C. The van der Waals surface area contributed by atoms with Gasteiger partial charge in [0, 0.05) is 10.9 Å². The Labute approximate surface area is 90.3 Å². The molecule has 1 rings (SSSR count). The minimum Gasteiger partial charge on any atom is -0.330 e. The molecular formula is C11H20N2S. The molecule has 2 atom stereocenters. The van der Waals surface area contributed by atoms with E-state index in [1.807, 2.05) is 0 Å². The maximum absolute atomic E-state index is 6.23. The van der Waals surface area contributed by atoms with Crippen LogP contribution in [0.1, 0.15) is 30.3 Å². The van der Waals surface area contributed by atoms with Gasteiger partial charge < -0.3 is 11.5 Å². The van der Waals surface area contributed by atoms with E-state index in [1.54, 1.807) is 11.3 Å². The van der Waals surface area contributed by atoms with Crippen LogP contribution in [-0.4, -0.2) is 6.54 Å². The Bertz CT molecular complexity index is 281. The lowest BCUT2D eigenvalue weighted by molar-refractivity contribution is 0.333. The Morgan fingerprint density at radius 1 is 1.43 bits per heavy atom. The summed E-state index contributed by atoms with van der Waals surface area (Å²) >= 11 is 1.74. The Hall–Kier alpha value is -0.380. The van der Waals surface area contributed by atoms with Crippen molar-refractivity contribution in [2.24, 2.45) is 23.3 Å². The lowest BCUT2D eigenvalue weighted by Crippen LogP contribution is -2.31. The van der Waals surface area contributed by atoms with Crippen molar-refractivity contribution in [3.63, 3.8) is 0 Å². The summed E-state index contributed by atoms with van der Waals surface area (Å²) < 4.78 is 0. The zero-order valence-electron chi connectivity index (χ0n) is 9.16. The molecule has 1 aromatic rings. The van der Waals surface area contributed by atoms with Crippen LogP contribution in [0.3, 0.4) is 0 Å². The van der Waals surface area contributed by atoms with Gasteiger partial charge in [-0.25, -0.2) is 0 Å². The van der Waals surface area contributed by atoms with E-state index in [-0.39, 0.29) is 6.04 Å². The monoisotopic (exact) mass is 212 g/mol. The molecule has 0 saturated carbocycles. The molecule has 1 aromatic heterocycles. The standard InChI is InChI=1S/C11H20N2S/c1-7(2)9(6-12)10(13)11-8(3)4-5-14-11/h4-5,7,9-10H,6,12-13H2,1-3H3. The van der Waals surface area contributed by atoms with Gasteiger partial charge in [0.1, 0.15) is 0 Å². The normalized spacial score (nSPS) is 15.9. The van der Waals surface area contributed by atoms with Crippen molar-refractivity contribution >= 4 is 11.3 Å². The molecule has 2 nitrogen and oxygen atoms in total. The van der Waals surface area contributed by atoms with Crippen LogP contribution in [0.2, 0.25) is 0 Å². The summed E-state index contributed by atoms with van der Waals surface area (Å²) in [5, 5.41) is 2.10. The predicted octanol–water partition coefficient (Wildman–Crippen LogP) is 2.29. The molecule has 0 spiro atoms. The molecule has 0 aliphatic heterocycles. The molecule has 0 fully saturated rings. The quantitative estimate of drug-likeness (QED) is 0.804. The Morgan fingerprint density at radius 2 is 2.07 bits per heavy atom. The first-order chi connectivity index (χ1) is 6.57. The zero-order chi connectivity index (χ0) is 10.7. The predicted molar refractivity (Wildman–Crippen MR) is 63.4 cm³/mol. The molecule has 4 N–H and O–H groups in total. The Kier molecular flexibility index (Phi) is 4.11. The van der Waals surface area contributed by atoms with Crippen LogP contribution >= 0.6 is 11.3 Å². The smallest absolute Gasteiger partial charge is 0.0435 e. The Balaban J connectivity index is 2.83. The fraction of sp³-hybridized carbons (Fsp3) is 0.636. The van der Waals surface area contributed by atoms with Gasteiger partial charge in [-0.3, -0.25) is 0 Å². The molecule has 3 heteroatoms. The average Bonchev–Trinajstić information content (AvgIpc) is 2.51. The third kappa shape index (κ3) is 2.35. The van der Waals surface area contributed by atoms with Crippen LogP contribution in [0.4, 0.5) is 0 Å². The van der Waals surface area contributed by atoms with Gasteiger partial charge in [-0.05, 0) is 42.3 Å². The molecule has 0 aliphatic rings. The molecule has 1 heterocycles. The van der Waals surface area contributed by atoms with Gasteiger partial charge in [0.15, 0.2) is 0 Å². The molecule has 14 heavy (non-hydrogen) atoms. The highest BCUT2D eigenvalue weighted by atomic mass is 32.1. The van der Waals surface area contributed by atoms with E-state index < -0.39 is 0 Å². The molecule has 0 amide bonds. The fourth-order valence-corrected chi connectivity index (χ4v) is 2.76. The number of hydrogen-bond donors (Lipinski definition) is 2. The summed E-state index contributed by atoms with van der Waals surface area (Å²) in [7, 11) is 0. The van der Waals surface area contributed by atoms with Crippen LogP contribution in [-0.2, 0) is 0 Å². The van der Waals surface area contributed by atoms with E-state index in [0.29, 0.717) is 18.4 Å². The van der Waals surface area contributed by atoms with Crippen molar-refractivity contribution in [3.8, 4) is 0 Å². The number of aryl methyl sites for hydroxylation is 1. The van der Waals surface area contributed by atoms with Crippen molar-refractivity contribution in [2.45, 2.75) is 26.8 Å². The number of hydrogen-bond acceptors (Lipinski definition) is 3. The first-order valence-corrected chi connectivity index (χ1v) is 5.95. The van der Waals surface area contributed by atoms with E-state index in [9.17, 15) is 0 Å². The van der Waals surface area contributed by atoms with Crippen LogP contribution in [0.15, 0.2) is 11.4 Å². The van der Waals surface area contributed by atoms with Crippen molar-refractivity contribution in [1.82, 2.24) is 0 Å². The lowest BCUT2D eigenvalue weighted by Gasteiger charge is -2.25. The first-order valence-electron chi connectivity index (χ1n) is 5.07. The third-order valence-electron chi connectivity index (χ3n) is 2.79. The second kappa shape index (κ2) is 4.91. The lowest BCUT2D eigenvalue weighted by atomic mass is 9.87. The highest BCUT2D eigenvalue weighted by Gasteiger charge is 2.23. The van der Waals surface area contributed by atoms with Gasteiger partial charge >= 0.3 is 0 Å². The molecule has 0 aromatic carbocycles. The van der Waals surface area contributed by atoms with E-state index in [2.05, 4.69) is 32.2 Å². The van der Waals surface area contributed by atoms with E-state index >= 15 is 0 Å². The summed E-state index contributed by atoms with van der Waals surface area (Å²) in [6.45, 7) is 7.14. The first kappa shape index (κ1) is 11.7. The largest absolute Gasteiger partial charge is 0.330 e. The van der Waals surface area contributed by atoms with Gasteiger partial charge in [-0.15, -0.1) is 11.3 Å². The van der Waals surface area contributed by atoms with Gasteiger partial charge in [0.05, 0.1) is 0 Å². The second-order valence-electron chi connectivity index (χ2n) is 4.14. The summed E-state index contributed by atoms with van der Waals surface area (Å²) in [5.74, 6) is 0.920. The fourth-order valence-electron chi connectivity index (χ4n) is 1.75. The van der Waals surface area contributed by atoms with Crippen LogP contribution in [0.5, 0.6) is 0 Å². The van der Waals surface area contributed by atoms with Crippen LogP contribution < -0.4 is 11.5 Å². The van der Waals surface area contributed by atoms with Gasteiger partial charge in [0.2, 0.25) is 0 Å². The van der Waals surface area contributed by atoms with Gasteiger partial charge in [0.25, 0.3) is 0 Å². The molecule has 0 aliphatic carbocycles. The highest BCUT2D eigenvalue weighted by Crippen LogP contribution is 2.30. The van der Waals surface area contributed by atoms with Gasteiger partial charge in [-0.2, -0.15) is 0 Å². The number of rotatable bonds is 4. The molecule has 0 radical (unpaired) electrons. The molecule has 80 valence electrons. The highest BCUT2D eigenvalue weighted by molar-refractivity contribution is 7.10. The van der Waals surface area contributed by atoms with Crippen molar-refractivity contribution < 1.29 is 0 Å². The third-order valence-corrected chi connectivity index (χ3v) is 3.91.